The molecule has 1 fully saturated rings. The van der Waals surface area contributed by atoms with Crippen molar-refractivity contribution in [2.75, 3.05) is 5.32 Å². The fraction of sp³-hybridized carbons (Fsp3) is 0.308. The molecule has 0 aliphatic heterocycles. The van der Waals surface area contributed by atoms with Gasteiger partial charge in [0.15, 0.2) is 11.5 Å². The summed E-state index contributed by atoms with van der Waals surface area (Å²) in [4.78, 5) is 16.4. The monoisotopic (exact) mass is 316 g/mol. The normalized spacial score (nSPS) is 14.2. The second kappa shape index (κ2) is 5.34. The summed E-state index contributed by atoms with van der Waals surface area (Å²) >= 11 is 1.33. The molecule has 1 aliphatic carbocycles. The molecule has 1 N–H and O–H groups in total. The first-order valence-electron chi connectivity index (χ1n) is 6.86. The Morgan fingerprint density at radius 3 is 3.18 bits per heavy atom. The van der Waals surface area contributed by atoms with Gasteiger partial charge in [0.25, 0.3) is 5.91 Å². The molecule has 1 saturated carbocycles. The lowest BCUT2D eigenvalue weighted by atomic mass is 10.3. The van der Waals surface area contributed by atoms with Crippen molar-refractivity contribution >= 4 is 23.4 Å². The predicted molar refractivity (Wildman–Crippen MR) is 77.7 cm³/mol. The third kappa shape index (κ3) is 2.75. The fourth-order valence-corrected chi connectivity index (χ4v) is 2.77. The summed E-state index contributed by atoms with van der Waals surface area (Å²) < 4.78 is 11.0. The lowest BCUT2D eigenvalue weighted by molar-refractivity contribution is 0.101. The van der Waals surface area contributed by atoms with E-state index >= 15 is 0 Å². The van der Waals surface area contributed by atoms with Crippen LogP contribution in [0.4, 0.5) is 5.95 Å². The fourth-order valence-electron chi connectivity index (χ4n) is 2.00. The van der Waals surface area contributed by atoms with Crippen LogP contribution < -0.4 is 5.32 Å². The van der Waals surface area contributed by atoms with Crippen LogP contribution in [0.2, 0.25) is 0 Å². The molecule has 0 unspecified atom stereocenters. The van der Waals surface area contributed by atoms with Crippen molar-refractivity contribution in [2.45, 2.75) is 25.3 Å². The molecule has 0 saturated heterocycles. The van der Waals surface area contributed by atoms with Gasteiger partial charge in [-0.1, -0.05) is 5.16 Å². The number of nitrogens with one attached hydrogen (secondary N) is 1. The molecule has 9 heteroatoms. The van der Waals surface area contributed by atoms with Crippen LogP contribution in [0.5, 0.6) is 0 Å². The third-order valence-electron chi connectivity index (χ3n) is 3.26. The number of aromatic nitrogens is 5. The second-order valence-corrected chi connectivity index (χ2v) is 5.85. The van der Waals surface area contributed by atoms with E-state index in [4.69, 9.17) is 4.52 Å². The topological polar surface area (TPSA) is 98.7 Å². The lowest BCUT2D eigenvalue weighted by Gasteiger charge is -1.95. The maximum Gasteiger partial charge on any atom is 0.280 e. The van der Waals surface area contributed by atoms with Crippen LogP contribution in [-0.4, -0.2) is 30.2 Å². The van der Waals surface area contributed by atoms with Gasteiger partial charge >= 0.3 is 0 Å². The Labute approximate surface area is 129 Å². The first kappa shape index (κ1) is 13.1. The van der Waals surface area contributed by atoms with Crippen LogP contribution in [0, 0.1) is 0 Å². The van der Waals surface area contributed by atoms with Crippen molar-refractivity contribution in [2.24, 2.45) is 0 Å². The van der Waals surface area contributed by atoms with E-state index in [1.807, 2.05) is 6.07 Å². The Morgan fingerprint density at radius 2 is 2.41 bits per heavy atom. The molecule has 8 nitrogen and oxygen atoms in total. The third-order valence-corrected chi connectivity index (χ3v) is 4.14. The second-order valence-electron chi connectivity index (χ2n) is 5.07. The minimum Gasteiger partial charge on any atom is -0.359 e. The van der Waals surface area contributed by atoms with E-state index in [0.29, 0.717) is 24.2 Å². The van der Waals surface area contributed by atoms with Crippen molar-refractivity contribution in [1.82, 2.24) is 24.3 Å². The van der Waals surface area contributed by atoms with E-state index in [2.05, 4.69) is 24.9 Å². The van der Waals surface area contributed by atoms with Crippen molar-refractivity contribution in [1.29, 1.82) is 0 Å². The molecular formula is C13H12N6O2S. The summed E-state index contributed by atoms with van der Waals surface area (Å²) in [6.45, 7) is 0.425. The number of carbonyl (C=O) groups is 1. The molecule has 0 radical (unpaired) electrons. The average molecular weight is 316 g/mol. The van der Waals surface area contributed by atoms with Gasteiger partial charge < -0.3 is 4.52 Å². The number of hydrogen-bond donors (Lipinski definition) is 1. The molecule has 1 amide bonds. The van der Waals surface area contributed by atoms with Gasteiger partial charge in [-0.15, -0.1) is 0 Å². The highest BCUT2D eigenvalue weighted by molar-refractivity contribution is 7.05. The minimum absolute atomic E-state index is 0.199. The van der Waals surface area contributed by atoms with Crippen molar-refractivity contribution in [3.63, 3.8) is 0 Å². The Hall–Kier alpha value is -2.55. The van der Waals surface area contributed by atoms with E-state index in [1.165, 1.54) is 11.5 Å². The van der Waals surface area contributed by atoms with E-state index < -0.39 is 0 Å². The van der Waals surface area contributed by atoms with Crippen molar-refractivity contribution in [3.8, 4) is 0 Å². The predicted octanol–water partition coefficient (Wildman–Crippen LogP) is 1.90. The zero-order chi connectivity index (χ0) is 14.9. The zero-order valence-corrected chi connectivity index (χ0v) is 12.3. The molecule has 22 heavy (non-hydrogen) atoms. The van der Waals surface area contributed by atoms with Gasteiger partial charge in [0, 0.05) is 24.4 Å². The molecule has 0 spiro atoms. The van der Waals surface area contributed by atoms with E-state index in [-0.39, 0.29) is 11.6 Å². The lowest BCUT2D eigenvalue weighted by Crippen LogP contribution is -2.13. The summed E-state index contributed by atoms with van der Waals surface area (Å²) in [5.74, 6) is 1.03. The Morgan fingerprint density at radius 1 is 1.50 bits per heavy atom. The highest BCUT2D eigenvalue weighted by atomic mass is 32.1. The summed E-state index contributed by atoms with van der Waals surface area (Å²) in [7, 11) is 0. The van der Waals surface area contributed by atoms with E-state index in [9.17, 15) is 4.79 Å². The van der Waals surface area contributed by atoms with Crippen molar-refractivity contribution < 1.29 is 9.32 Å². The highest BCUT2D eigenvalue weighted by Crippen LogP contribution is 2.41. The number of hydrogen-bond acceptors (Lipinski definition) is 7. The number of carbonyl (C=O) groups excluding carboxylic acids is 1. The highest BCUT2D eigenvalue weighted by Gasteiger charge is 2.27. The number of amides is 1. The summed E-state index contributed by atoms with van der Waals surface area (Å²) in [5.41, 5.74) is 0.199. The van der Waals surface area contributed by atoms with Gasteiger partial charge in [0.2, 0.25) is 5.95 Å². The number of anilines is 1. The molecule has 0 aromatic carbocycles. The smallest absolute Gasteiger partial charge is 0.280 e. The van der Waals surface area contributed by atoms with Gasteiger partial charge in [-0.2, -0.15) is 9.47 Å². The average Bonchev–Trinajstić information content (AvgIpc) is 2.96. The van der Waals surface area contributed by atoms with Crippen LogP contribution in [0.1, 0.15) is 40.0 Å². The molecular weight excluding hydrogens is 304 g/mol. The van der Waals surface area contributed by atoms with Crippen LogP contribution in [0.15, 0.2) is 29.0 Å². The molecule has 1 aliphatic rings. The molecule has 3 aromatic rings. The summed E-state index contributed by atoms with van der Waals surface area (Å²) in [6.07, 6.45) is 5.79. The van der Waals surface area contributed by atoms with Crippen LogP contribution in [0.25, 0.3) is 0 Å². The van der Waals surface area contributed by atoms with Gasteiger partial charge in [-0.25, -0.2) is 4.98 Å². The van der Waals surface area contributed by atoms with Crippen LogP contribution >= 0.6 is 11.5 Å². The molecule has 112 valence electrons. The Kier molecular flexibility index (Phi) is 3.19. The first-order valence-corrected chi connectivity index (χ1v) is 7.63. The number of nitrogens with zero attached hydrogens (tertiary/aromatic N) is 5. The SMILES string of the molecule is O=C(Nc1nsc(C2CC2)n1)c1cc(Cn2cccn2)on1. The maximum atomic E-state index is 12.1. The maximum absolute atomic E-state index is 12.1. The standard InChI is InChI=1S/C13H12N6O2S/c20-11(15-13-16-12(22-18-13)8-2-3-8)10-6-9(21-17-10)7-19-5-1-4-14-19/h1,4-6,8H,2-3,7H2,(H,15,18,20). The molecule has 0 atom stereocenters. The zero-order valence-electron chi connectivity index (χ0n) is 11.5. The molecule has 3 aromatic heterocycles. The quantitative estimate of drug-likeness (QED) is 0.772. The van der Waals surface area contributed by atoms with Gasteiger partial charge in [-0.3, -0.25) is 14.8 Å². The van der Waals surface area contributed by atoms with Gasteiger partial charge in [-0.05, 0) is 30.4 Å². The van der Waals surface area contributed by atoms with Gasteiger partial charge in [0.05, 0.1) is 0 Å². The first-order chi connectivity index (χ1) is 10.8. The largest absolute Gasteiger partial charge is 0.359 e. The number of rotatable bonds is 5. The molecule has 4 rings (SSSR count). The van der Waals surface area contributed by atoms with Crippen LogP contribution in [0.3, 0.4) is 0 Å². The summed E-state index contributed by atoms with van der Waals surface area (Å²) in [6, 6.07) is 3.40. The van der Waals surface area contributed by atoms with Crippen LogP contribution in [-0.2, 0) is 6.54 Å². The Balaban J connectivity index is 1.42. The van der Waals surface area contributed by atoms with Gasteiger partial charge in [0.1, 0.15) is 11.6 Å². The minimum atomic E-state index is -0.379. The van der Waals surface area contributed by atoms with Crippen molar-refractivity contribution in [3.05, 3.63) is 41.0 Å². The molecule has 0 bridgehead atoms. The van der Waals surface area contributed by atoms with E-state index in [0.717, 1.165) is 17.8 Å². The summed E-state index contributed by atoms with van der Waals surface area (Å²) in [5, 5.41) is 11.5. The Bertz CT molecular complexity index is 789. The molecule has 3 heterocycles. The van der Waals surface area contributed by atoms with E-state index in [1.54, 1.807) is 23.1 Å².